The molecule has 2 heterocycles. The molecule has 6 rings (SSSR count). The SMILES string of the molecule is COC(=O)N(CCOCc1ccccc1)C1CC(N2C(=O)c3cccc(c3)S(=O)(=O)Nc3nc(cc(-c4c(C)cccc4C)n3)OC[C@H]2CC(C)(C)C)C1. The van der Waals surface area contributed by atoms with E-state index < -0.39 is 22.2 Å². The van der Waals surface area contributed by atoms with E-state index in [4.69, 9.17) is 14.2 Å². The number of nitrogens with zero attached hydrogens (tertiary/aromatic N) is 4. The number of nitrogens with one attached hydrogen (secondary N) is 1. The van der Waals surface area contributed by atoms with Gasteiger partial charge in [-0.15, -0.1) is 0 Å². The van der Waals surface area contributed by atoms with E-state index in [9.17, 15) is 18.0 Å². The Labute approximate surface area is 317 Å². The second-order valence-electron chi connectivity index (χ2n) is 15.2. The number of benzene rings is 3. The summed E-state index contributed by atoms with van der Waals surface area (Å²) < 4.78 is 47.6. The van der Waals surface area contributed by atoms with E-state index in [0.29, 0.717) is 44.7 Å². The summed E-state index contributed by atoms with van der Waals surface area (Å²) in [5.74, 6) is -0.281. The third-order valence-electron chi connectivity index (χ3n) is 9.88. The Bertz CT molecular complexity index is 2060. The number of fused-ring (bicyclic) bond motifs is 4. The zero-order valence-electron chi connectivity index (χ0n) is 31.7. The molecular weight excluding hydrogens is 707 g/mol. The number of anilines is 1. The van der Waals surface area contributed by atoms with Crippen LogP contribution in [0, 0.1) is 19.3 Å². The van der Waals surface area contributed by atoms with Crippen LogP contribution in [-0.2, 0) is 26.1 Å². The molecule has 4 aromatic rings. The molecule has 1 N–H and O–H groups in total. The largest absolute Gasteiger partial charge is 0.475 e. The maximum atomic E-state index is 14.7. The van der Waals surface area contributed by atoms with Crippen molar-refractivity contribution in [2.75, 3.05) is 31.6 Å². The molecule has 54 heavy (non-hydrogen) atoms. The number of ether oxygens (including phenoxy) is 3. The number of aryl methyl sites for hydroxylation is 2. The summed E-state index contributed by atoms with van der Waals surface area (Å²) in [6, 6.07) is 22.5. The van der Waals surface area contributed by atoms with Crippen LogP contribution in [0.15, 0.2) is 83.8 Å². The highest BCUT2D eigenvalue weighted by atomic mass is 32.2. The molecule has 12 nitrogen and oxygen atoms in total. The second-order valence-corrected chi connectivity index (χ2v) is 16.9. The summed E-state index contributed by atoms with van der Waals surface area (Å²) in [6.07, 6.45) is 1.10. The van der Waals surface area contributed by atoms with Gasteiger partial charge in [-0.2, -0.15) is 4.98 Å². The fourth-order valence-electron chi connectivity index (χ4n) is 7.28. The van der Waals surface area contributed by atoms with Crippen molar-refractivity contribution in [2.45, 2.75) is 83.5 Å². The molecule has 1 aliphatic carbocycles. The predicted octanol–water partition coefficient (Wildman–Crippen LogP) is 7.02. The highest BCUT2D eigenvalue weighted by molar-refractivity contribution is 7.92. The van der Waals surface area contributed by atoms with Crippen LogP contribution in [0.25, 0.3) is 11.3 Å². The highest BCUT2D eigenvalue weighted by Crippen LogP contribution is 2.37. The van der Waals surface area contributed by atoms with Crippen LogP contribution in [0.1, 0.15) is 67.1 Å². The fourth-order valence-corrected chi connectivity index (χ4v) is 8.27. The van der Waals surface area contributed by atoms with Gasteiger partial charge in [0.05, 0.1) is 37.0 Å². The van der Waals surface area contributed by atoms with Crippen LogP contribution in [0.4, 0.5) is 10.7 Å². The molecule has 2 aliphatic rings. The molecule has 4 bridgehead atoms. The number of rotatable bonds is 9. The van der Waals surface area contributed by atoms with E-state index in [1.54, 1.807) is 23.1 Å². The number of methoxy groups -OCH3 is 1. The van der Waals surface area contributed by atoms with Crippen LogP contribution >= 0.6 is 0 Å². The van der Waals surface area contributed by atoms with Gasteiger partial charge in [-0.25, -0.2) is 22.9 Å². The molecule has 1 aromatic heterocycles. The molecule has 1 aliphatic heterocycles. The lowest BCUT2D eigenvalue weighted by molar-refractivity contribution is -0.0117. The molecule has 0 radical (unpaired) electrons. The molecule has 1 atom stereocenters. The van der Waals surface area contributed by atoms with Crippen LogP contribution < -0.4 is 9.46 Å². The maximum Gasteiger partial charge on any atom is 0.409 e. The maximum absolute atomic E-state index is 14.7. The Morgan fingerprint density at radius 3 is 2.37 bits per heavy atom. The lowest BCUT2D eigenvalue weighted by Gasteiger charge is -2.50. The molecule has 0 saturated heterocycles. The zero-order chi connectivity index (χ0) is 38.6. The van der Waals surface area contributed by atoms with E-state index >= 15 is 0 Å². The van der Waals surface area contributed by atoms with Gasteiger partial charge in [-0.05, 0) is 73.4 Å². The minimum Gasteiger partial charge on any atom is -0.475 e. The van der Waals surface area contributed by atoms with Crippen LogP contribution in [-0.4, -0.2) is 85.2 Å². The van der Waals surface area contributed by atoms with Crippen molar-refractivity contribution in [1.82, 2.24) is 19.8 Å². The van der Waals surface area contributed by atoms with Crippen LogP contribution in [0.2, 0.25) is 0 Å². The molecule has 1 saturated carbocycles. The normalized spacial score (nSPS) is 19.6. The van der Waals surface area contributed by atoms with E-state index in [2.05, 4.69) is 35.5 Å². The fraction of sp³-hybridized carbons (Fsp3) is 0.415. The molecule has 286 valence electrons. The molecule has 2 amide bonds. The number of sulfonamides is 1. The summed E-state index contributed by atoms with van der Waals surface area (Å²) >= 11 is 0. The number of hydrogen-bond donors (Lipinski definition) is 1. The van der Waals surface area contributed by atoms with Gasteiger partial charge in [0.1, 0.15) is 6.61 Å². The van der Waals surface area contributed by atoms with Gasteiger partial charge < -0.3 is 24.0 Å². The van der Waals surface area contributed by atoms with E-state index in [1.807, 2.05) is 67.3 Å². The van der Waals surface area contributed by atoms with Gasteiger partial charge in [-0.3, -0.25) is 4.79 Å². The first-order valence-electron chi connectivity index (χ1n) is 18.2. The minimum absolute atomic E-state index is 0.0906. The second kappa shape index (κ2) is 16.2. The number of hydrogen-bond acceptors (Lipinski definition) is 9. The minimum atomic E-state index is -4.21. The summed E-state index contributed by atoms with van der Waals surface area (Å²) in [5.41, 5.74) is 4.33. The first-order chi connectivity index (χ1) is 25.7. The lowest BCUT2D eigenvalue weighted by atomic mass is 9.81. The van der Waals surface area contributed by atoms with Gasteiger partial charge in [0, 0.05) is 35.8 Å². The van der Waals surface area contributed by atoms with Crippen molar-refractivity contribution >= 4 is 28.0 Å². The smallest absolute Gasteiger partial charge is 0.409 e. The zero-order valence-corrected chi connectivity index (χ0v) is 32.6. The Morgan fingerprint density at radius 1 is 0.981 bits per heavy atom. The van der Waals surface area contributed by atoms with Crippen LogP contribution in [0.5, 0.6) is 5.88 Å². The van der Waals surface area contributed by atoms with Crippen molar-refractivity contribution < 1.29 is 32.2 Å². The van der Waals surface area contributed by atoms with E-state index in [-0.39, 0.29) is 52.3 Å². The van der Waals surface area contributed by atoms with Gasteiger partial charge in [0.25, 0.3) is 15.9 Å². The van der Waals surface area contributed by atoms with E-state index in [0.717, 1.165) is 22.3 Å². The Hall–Kier alpha value is -5.01. The first-order valence-corrected chi connectivity index (χ1v) is 19.7. The van der Waals surface area contributed by atoms with Crippen molar-refractivity contribution in [3.05, 3.63) is 101 Å². The average Bonchev–Trinajstić information content (AvgIpc) is 3.11. The lowest BCUT2D eigenvalue weighted by Crippen LogP contribution is -2.61. The molecule has 0 spiro atoms. The summed E-state index contributed by atoms with van der Waals surface area (Å²) in [6.45, 7) is 11.4. The molecular formula is C41H49N5O7S. The summed E-state index contributed by atoms with van der Waals surface area (Å²) in [5, 5.41) is 0. The molecule has 1 fully saturated rings. The Kier molecular flexibility index (Phi) is 11.6. The van der Waals surface area contributed by atoms with Gasteiger partial charge in [0.2, 0.25) is 11.8 Å². The van der Waals surface area contributed by atoms with E-state index in [1.165, 1.54) is 19.2 Å². The van der Waals surface area contributed by atoms with Crippen molar-refractivity contribution in [1.29, 1.82) is 0 Å². The number of carbonyl (C=O) groups is 2. The Morgan fingerprint density at radius 2 is 1.69 bits per heavy atom. The van der Waals surface area contributed by atoms with Gasteiger partial charge in [0.15, 0.2) is 0 Å². The van der Waals surface area contributed by atoms with Gasteiger partial charge in [-0.1, -0.05) is 75.4 Å². The quantitative estimate of drug-likeness (QED) is 0.179. The topological polar surface area (TPSA) is 140 Å². The summed E-state index contributed by atoms with van der Waals surface area (Å²) in [7, 11) is -2.85. The van der Waals surface area contributed by atoms with Gasteiger partial charge >= 0.3 is 6.09 Å². The average molecular weight is 756 g/mol. The van der Waals surface area contributed by atoms with Crippen molar-refractivity contribution in [2.24, 2.45) is 5.41 Å². The monoisotopic (exact) mass is 755 g/mol. The van der Waals surface area contributed by atoms with Crippen LogP contribution in [0.3, 0.4) is 0 Å². The number of amides is 2. The molecule has 0 unspecified atom stereocenters. The van der Waals surface area contributed by atoms with Crippen molar-refractivity contribution in [3.63, 3.8) is 0 Å². The van der Waals surface area contributed by atoms with Crippen molar-refractivity contribution in [3.8, 4) is 17.1 Å². The first kappa shape index (κ1) is 38.7. The predicted molar refractivity (Wildman–Crippen MR) is 206 cm³/mol. The molecule has 13 heteroatoms. The number of carbonyl (C=O) groups excluding carboxylic acids is 2. The third-order valence-corrected chi connectivity index (χ3v) is 11.2. The highest BCUT2D eigenvalue weighted by Gasteiger charge is 2.44. The summed E-state index contributed by atoms with van der Waals surface area (Å²) in [4.78, 5) is 40.2. The molecule has 3 aromatic carbocycles. The Balaban J connectivity index is 1.33. The standard InChI is InChI=1S/C41H49N5O7S/c1-27-12-10-13-28(2)37(27)35-23-36-43-39(42-35)44-54(49,50)34-17-11-16-30(20-34)38(47)46(33(26-53-36)24-41(3,4)5)32-21-31(22-32)45(40(48)51-6)18-19-52-25-29-14-8-7-9-15-29/h7-17,20,23,31-33H,18-19,21-22,24-26H2,1-6H3,(H,42,43,44)/t31?,32?,33-/m1/s1. The number of aromatic nitrogens is 2. The third kappa shape index (κ3) is 9.02.